The summed E-state index contributed by atoms with van der Waals surface area (Å²) in [5.74, 6) is -2.35. The van der Waals surface area contributed by atoms with E-state index in [4.69, 9.17) is 0 Å². The molecule has 2 aromatic rings. The summed E-state index contributed by atoms with van der Waals surface area (Å²) in [7, 11) is 0. The number of rotatable bonds is 4. The Bertz CT molecular complexity index is 900. The molecule has 3 rings (SSSR count). The van der Waals surface area contributed by atoms with Crippen molar-refractivity contribution in [3.05, 3.63) is 70.3 Å². The van der Waals surface area contributed by atoms with Gasteiger partial charge in [0, 0.05) is 5.56 Å². The first-order chi connectivity index (χ1) is 11.4. The molecule has 1 heterocycles. The van der Waals surface area contributed by atoms with E-state index in [-0.39, 0.29) is 29.0 Å². The molecule has 0 bridgehead atoms. The van der Waals surface area contributed by atoms with E-state index in [0.29, 0.717) is 11.1 Å². The van der Waals surface area contributed by atoms with E-state index in [2.05, 4.69) is 0 Å². The van der Waals surface area contributed by atoms with Gasteiger partial charge in [-0.05, 0) is 30.7 Å². The van der Waals surface area contributed by atoms with Gasteiger partial charge in [-0.3, -0.25) is 19.3 Å². The standard InChI is InChI=1S/C18H13NO5/c1-10(20)11-6-7-14-15(8-11)17(22)19(16(14)21)9-12-4-2-3-5-13(12)18(23)24/h2-8H,9H2,1H3,(H,23,24). The first-order valence-corrected chi connectivity index (χ1v) is 7.22. The van der Waals surface area contributed by atoms with Gasteiger partial charge in [0.1, 0.15) is 0 Å². The molecular weight excluding hydrogens is 310 g/mol. The molecule has 0 saturated carbocycles. The Morgan fingerprint density at radius 2 is 1.67 bits per heavy atom. The fourth-order valence-electron chi connectivity index (χ4n) is 2.69. The number of carboxylic acids is 1. The molecule has 0 fully saturated rings. The number of carboxylic acid groups (broad SMARTS) is 1. The Balaban J connectivity index is 1.97. The van der Waals surface area contributed by atoms with E-state index in [0.717, 1.165) is 4.90 Å². The van der Waals surface area contributed by atoms with E-state index in [1.165, 1.54) is 31.2 Å². The first kappa shape index (κ1) is 15.6. The van der Waals surface area contributed by atoms with Crippen molar-refractivity contribution in [2.45, 2.75) is 13.5 Å². The Hall–Kier alpha value is -3.28. The third-order valence-corrected chi connectivity index (χ3v) is 3.95. The van der Waals surface area contributed by atoms with Gasteiger partial charge < -0.3 is 5.11 Å². The molecular formula is C18H13NO5. The number of benzene rings is 2. The number of ketones is 1. The molecule has 1 N–H and O–H groups in total. The normalized spacial score (nSPS) is 13.1. The number of Topliss-reactive ketones (excluding diaryl/α,β-unsaturated/α-hetero) is 1. The summed E-state index contributed by atoms with van der Waals surface area (Å²) in [6.45, 7) is 1.24. The van der Waals surface area contributed by atoms with E-state index in [9.17, 15) is 24.3 Å². The van der Waals surface area contributed by atoms with Crippen LogP contribution in [0.1, 0.15) is 53.9 Å². The van der Waals surface area contributed by atoms with Gasteiger partial charge in [-0.25, -0.2) is 4.79 Å². The van der Waals surface area contributed by atoms with Gasteiger partial charge in [-0.2, -0.15) is 0 Å². The number of nitrogens with zero attached hydrogens (tertiary/aromatic N) is 1. The fourth-order valence-corrected chi connectivity index (χ4v) is 2.69. The number of hydrogen-bond donors (Lipinski definition) is 1. The average molecular weight is 323 g/mol. The topological polar surface area (TPSA) is 91.8 Å². The largest absolute Gasteiger partial charge is 0.478 e. The second-order valence-corrected chi connectivity index (χ2v) is 5.48. The SMILES string of the molecule is CC(=O)c1ccc2c(c1)C(=O)N(Cc1ccccc1C(=O)O)C2=O. The Kier molecular flexibility index (Phi) is 3.73. The monoisotopic (exact) mass is 323 g/mol. The summed E-state index contributed by atoms with van der Waals surface area (Å²) >= 11 is 0. The number of hydrogen-bond acceptors (Lipinski definition) is 4. The number of amides is 2. The molecule has 0 saturated heterocycles. The van der Waals surface area contributed by atoms with Crippen molar-refractivity contribution in [3.8, 4) is 0 Å². The molecule has 0 atom stereocenters. The van der Waals surface area contributed by atoms with Crippen LogP contribution in [0.3, 0.4) is 0 Å². The van der Waals surface area contributed by atoms with Crippen LogP contribution in [0.15, 0.2) is 42.5 Å². The smallest absolute Gasteiger partial charge is 0.336 e. The Morgan fingerprint density at radius 3 is 2.33 bits per heavy atom. The van der Waals surface area contributed by atoms with Crippen LogP contribution in [0.5, 0.6) is 0 Å². The lowest BCUT2D eigenvalue weighted by molar-refractivity contribution is 0.0627. The third kappa shape index (κ3) is 2.48. The highest BCUT2D eigenvalue weighted by Gasteiger charge is 2.36. The van der Waals surface area contributed by atoms with E-state index >= 15 is 0 Å². The molecule has 0 aromatic heterocycles. The van der Waals surface area contributed by atoms with Gasteiger partial charge in [-0.15, -0.1) is 0 Å². The van der Waals surface area contributed by atoms with Crippen molar-refractivity contribution in [1.29, 1.82) is 0 Å². The molecule has 6 heteroatoms. The van der Waals surface area contributed by atoms with Crippen LogP contribution in [0, 0.1) is 0 Å². The van der Waals surface area contributed by atoms with Crippen molar-refractivity contribution in [2.75, 3.05) is 0 Å². The number of carbonyl (C=O) groups is 4. The maximum Gasteiger partial charge on any atom is 0.336 e. The minimum Gasteiger partial charge on any atom is -0.478 e. The Labute approximate surface area is 137 Å². The van der Waals surface area contributed by atoms with Crippen LogP contribution in [-0.2, 0) is 6.54 Å². The zero-order valence-electron chi connectivity index (χ0n) is 12.8. The van der Waals surface area contributed by atoms with Gasteiger partial charge in [-0.1, -0.05) is 24.3 Å². The van der Waals surface area contributed by atoms with Crippen molar-refractivity contribution in [1.82, 2.24) is 4.90 Å². The molecule has 0 radical (unpaired) electrons. The molecule has 24 heavy (non-hydrogen) atoms. The van der Waals surface area contributed by atoms with Gasteiger partial charge in [0.05, 0.1) is 23.2 Å². The molecule has 0 aliphatic carbocycles. The molecule has 1 aliphatic rings. The van der Waals surface area contributed by atoms with Crippen LogP contribution in [0.2, 0.25) is 0 Å². The van der Waals surface area contributed by atoms with Gasteiger partial charge >= 0.3 is 5.97 Å². The van der Waals surface area contributed by atoms with Gasteiger partial charge in [0.15, 0.2) is 5.78 Å². The molecule has 2 amide bonds. The number of carbonyl (C=O) groups excluding carboxylic acids is 3. The van der Waals surface area contributed by atoms with Crippen LogP contribution < -0.4 is 0 Å². The number of aromatic carboxylic acids is 1. The van der Waals surface area contributed by atoms with Gasteiger partial charge in [0.2, 0.25) is 0 Å². The van der Waals surface area contributed by atoms with E-state index in [1.54, 1.807) is 18.2 Å². The Morgan fingerprint density at radius 1 is 1.00 bits per heavy atom. The lowest BCUT2D eigenvalue weighted by Gasteiger charge is -2.15. The summed E-state index contributed by atoms with van der Waals surface area (Å²) in [6.07, 6.45) is 0. The zero-order valence-corrected chi connectivity index (χ0v) is 12.8. The molecule has 0 spiro atoms. The summed E-state index contributed by atoms with van der Waals surface area (Å²) in [5.41, 5.74) is 1.14. The minimum absolute atomic E-state index is 0.0403. The maximum atomic E-state index is 12.5. The van der Waals surface area contributed by atoms with E-state index in [1.807, 2.05) is 0 Å². The highest BCUT2D eigenvalue weighted by Crippen LogP contribution is 2.26. The lowest BCUT2D eigenvalue weighted by atomic mass is 10.0. The van der Waals surface area contributed by atoms with E-state index < -0.39 is 17.8 Å². The van der Waals surface area contributed by atoms with Gasteiger partial charge in [0.25, 0.3) is 11.8 Å². The fraction of sp³-hybridized carbons (Fsp3) is 0.111. The van der Waals surface area contributed by atoms with Crippen LogP contribution in [-0.4, -0.2) is 33.6 Å². The van der Waals surface area contributed by atoms with Crippen molar-refractivity contribution in [3.63, 3.8) is 0 Å². The molecule has 1 aliphatic heterocycles. The first-order valence-electron chi connectivity index (χ1n) is 7.22. The van der Waals surface area contributed by atoms with Crippen LogP contribution in [0.4, 0.5) is 0 Å². The average Bonchev–Trinajstić information content (AvgIpc) is 2.79. The third-order valence-electron chi connectivity index (χ3n) is 3.95. The second kappa shape index (κ2) is 5.73. The summed E-state index contributed by atoms with van der Waals surface area (Å²) in [4.78, 5) is 48.7. The number of imide groups is 1. The molecule has 6 nitrogen and oxygen atoms in total. The number of fused-ring (bicyclic) bond motifs is 1. The maximum absolute atomic E-state index is 12.5. The minimum atomic E-state index is -1.12. The highest BCUT2D eigenvalue weighted by atomic mass is 16.4. The zero-order chi connectivity index (χ0) is 17.4. The van der Waals surface area contributed by atoms with Crippen LogP contribution >= 0.6 is 0 Å². The van der Waals surface area contributed by atoms with Crippen LogP contribution in [0.25, 0.3) is 0 Å². The van der Waals surface area contributed by atoms with Crippen molar-refractivity contribution in [2.24, 2.45) is 0 Å². The summed E-state index contributed by atoms with van der Waals surface area (Å²) in [6, 6.07) is 10.6. The predicted molar refractivity (Wildman–Crippen MR) is 84.1 cm³/mol. The molecule has 0 unspecified atom stereocenters. The molecule has 120 valence electrons. The predicted octanol–water partition coefficient (Wildman–Crippen LogP) is 2.38. The lowest BCUT2D eigenvalue weighted by Crippen LogP contribution is -2.29. The highest BCUT2D eigenvalue weighted by molar-refractivity contribution is 6.22. The quantitative estimate of drug-likeness (QED) is 0.689. The second-order valence-electron chi connectivity index (χ2n) is 5.48. The van der Waals surface area contributed by atoms with Crippen molar-refractivity contribution < 1.29 is 24.3 Å². The molecule has 2 aromatic carbocycles. The summed E-state index contributed by atoms with van der Waals surface area (Å²) in [5, 5.41) is 9.22. The van der Waals surface area contributed by atoms with Crippen molar-refractivity contribution >= 4 is 23.6 Å². The summed E-state index contributed by atoms with van der Waals surface area (Å²) < 4.78 is 0.